The van der Waals surface area contributed by atoms with E-state index in [1.807, 2.05) is 38.1 Å². The van der Waals surface area contributed by atoms with Gasteiger partial charge in [0.1, 0.15) is 23.7 Å². The van der Waals surface area contributed by atoms with E-state index in [-0.39, 0.29) is 17.8 Å². The molecule has 1 aromatic carbocycles. The zero-order valence-corrected chi connectivity index (χ0v) is 18.5. The van der Waals surface area contributed by atoms with Crippen molar-refractivity contribution in [2.75, 3.05) is 33.0 Å². The summed E-state index contributed by atoms with van der Waals surface area (Å²) in [7, 11) is 0. The molecule has 5 nitrogen and oxygen atoms in total. The lowest BCUT2D eigenvalue weighted by Crippen LogP contribution is -2.33. The van der Waals surface area contributed by atoms with Crippen LogP contribution in [0.2, 0.25) is 0 Å². The van der Waals surface area contributed by atoms with E-state index >= 15 is 0 Å². The standard InChI is InChI=1S/C21H33NO4.C2H6/c1-6-14-24-18-7-9-19(10-8-18)26-21(4,5)12-16-25-20(2,3)11-15-23-17-13-22;1-2/h1,7-10H,11-17,22H2,2-5H3;1-2H3. The fourth-order valence-corrected chi connectivity index (χ4v) is 2.25. The molecule has 160 valence electrons. The van der Waals surface area contributed by atoms with E-state index in [9.17, 15) is 0 Å². The molecule has 28 heavy (non-hydrogen) atoms. The van der Waals surface area contributed by atoms with Crippen LogP contribution in [0.5, 0.6) is 11.5 Å². The van der Waals surface area contributed by atoms with E-state index < -0.39 is 0 Å². The summed E-state index contributed by atoms with van der Waals surface area (Å²) in [4.78, 5) is 0. The summed E-state index contributed by atoms with van der Waals surface area (Å²) < 4.78 is 22.9. The molecule has 0 aliphatic rings. The van der Waals surface area contributed by atoms with Crippen LogP contribution < -0.4 is 15.2 Å². The molecule has 1 rings (SSSR count). The summed E-state index contributed by atoms with van der Waals surface area (Å²) >= 11 is 0. The first-order chi connectivity index (χ1) is 13.3. The Morgan fingerprint density at radius 3 is 2.04 bits per heavy atom. The van der Waals surface area contributed by atoms with Crippen LogP contribution in [0.15, 0.2) is 24.3 Å². The summed E-state index contributed by atoms with van der Waals surface area (Å²) in [5.41, 5.74) is 4.84. The predicted molar refractivity (Wildman–Crippen MR) is 116 cm³/mol. The van der Waals surface area contributed by atoms with Crippen molar-refractivity contribution in [2.24, 2.45) is 5.73 Å². The first-order valence-corrected chi connectivity index (χ1v) is 10.1. The van der Waals surface area contributed by atoms with Gasteiger partial charge in [0.2, 0.25) is 0 Å². The molecule has 0 saturated carbocycles. The molecule has 1 aromatic rings. The Balaban J connectivity index is 0.00000352. The quantitative estimate of drug-likeness (QED) is 0.397. The van der Waals surface area contributed by atoms with Crippen LogP contribution in [0.25, 0.3) is 0 Å². The van der Waals surface area contributed by atoms with Gasteiger partial charge in [-0.05, 0) is 58.4 Å². The lowest BCUT2D eigenvalue weighted by molar-refractivity contribution is -0.0570. The Morgan fingerprint density at radius 1 is 0.893 bits per heavy atom. The van der Waals surface area contributed by atoms with Gasteiger partial charge in [-0.2, -0.15) is 0 Å². The minimum absolute atomic E-state index is 0.235. The fourth-order valence-electron chi connectivity index (χ4n) is 2.25. The number of nitrogens with two attached hydrogens (primary N) is 1. The van der Waals surface area contributed by atoms with Crippen LogP contribution >= 0.6 is 0 Å². The maximum Gasteiger partial charge on any atom is 0.148 e. The molecule has 0 aliphatic carbocycles. The highest BCUT2D eigenvalue weighted by molar-refractivity contribution is 5.31. The molecule has 0 radical (unpaired) electrons. The van der Waals surface area contributed by atoms with Crippen LogP contribution in [0, 0.1) is 12.3 Å². The van der Waals surface area contributed by atoms with Crippen LogP contribution in [0.3, 0.4) is 0 Å². The molecule has 0 spiro atoms. The molecular formula is C23H39NO4. The van der Waals surface area contributed by atoms with Gasteiger partial charge in [0.25, 0.3) is 0 Å². The van der Waals surface area contributed by atoms with Crippen LogP contribution in [-0.4, -0.2) is 44.2 Å². The smallest absolute Gasteiger partial charge is 0.148 e. The summed E-state index contributed by atoms with van der Waals surface area (Å²) in [6.45, 7) is 14.9. The molecular weight excluding hydrogens is 354 g/mol. The van der Waals surface area contributed by atoms with Crippen molar-refractivity contribution >= 4 is 0 Å². The Morgan fingerprint density at radius 2 is 1.46 bits per heavy atom. The lowest BCUT2D eigenvalue weighted by atomic mass is 10.0. The van der Waals surface area contributed by atoms with Crippen LogP contribution in [0.1, 0.15) is 54.4 Å². The molecule has 0 unspecified atom stereocenters. The average molecular weight is 394 g/mol. The number of ether oxygens (including phenoxy) is 4. The van der Waals surface area contributed by atoms with Gasteiger partial charge < -0.3 is 24.7 Å². The van der Waals surface area contributed by atoms with Crippen molar-refractivity contribution < 1.29 is 18.9 Å². The van der Waals surface area contributed by atoms with E-state index in [0.717, 1.165) is 24.3 Å². The number of benzene rings is 1. The Kier molecular flexibility index (Phi) is 13.4. The van der Waals surface area contributed by atoms with Crippen LogP contribution in [0.4, 0.5) is 0 Å². The van der Waals surface area contributed by atoms with Gasteiger partial charge in [-0.25, -0.2) is 0 Å². The molecule has 0 saturated heterocycles. The molecule has 0 heterocycles. The third kappa shape index (κ3) is 12.6. The highest BCUT2D eigenvalue weighted by Gasteiger charge is 2.23. The summed E-state index contributed by atoms with van der Waals surface area (Å²) in [5, 5.41) is 0. The molecule has 5 heteroatoms. The third-order valence-electron chi connectivity index (χ3n) is 3.85. The number of hydrogen-bond donors (Lipinski definition) is 1. The van der Waals surface area contributed by atoms with Crippen molar-refractivity contribution in [3.63, 3.8) is 0 Å². The molecule has 0 bridgehead atoms. The first kappa shape index (κ1) is 26.3. The largest absolute Gasteiger partial charge is 0.488 e. The van der Waals surface area contributed by atoms with Gasteiger partial charge >= 0.3 is 0 Å². The number of terminal acetylenes is 1. The molecule has 0 fully saturated rings. The van der Waals surface area contributed by atoms with Gasteiger partial charge in [0, 0.05) is 19.6 Å². The van der Waals surface area contributed by atoms with E-state index in [2.05, 4.69) is 33.6 Å². The normalized spacial score (nSPS) is 11.2. The average Bonchev–Trinajstić information content (AvgIpc) is 2.66. The summed E-state index contributed by atoms with van der Waals surface area (Å²) in [6.07, 6.45) is 6.78. The van der Waals surface area contributed by atoms with Crippen molar-refractivity contribution in [3.05, 3.63) is 24.3 Å². The highest BCUT2D eigenvalue weighted by atomic mass is 16.5. The molecule has 0 amide bonds. The SMILES string of the molecule is C#CCOc1ccc(OC(C)(C)CCOC(C)(C)CCOCCN)cc1.CC. The third-order valence-corrected chi connectivity index (χ3v) is 3.85. The minimum Gasteiger partial charge on any atom is -0.488 e. The summed E-state index contributed by atoms with van der Waals surface area (Å²) in [6, 6.07) is 7.47. The van der Waals surface area contributed by atoms with Gasteiger partial charge in [-0.3, -0.25) is 0 Å². The van der Waals surface area contributed by atoms with E-state index in [0.29, 0.717) is 26.4 Å². The first-order valence-electron chi connectivity index (χ1n) is 10.1. The second-order valence-electron chi connectivity index (χ2n) is 7.34. The van der Waals surface area contributed by atoms with E-state index in [1.165, 1.54) is 0 Å². The summed E-state index contributed by atoms with van der Waals surface area (Å²) in [5.74, 6) is 3.96. The van der Waals surface area contributed by atoms with Crippen molar-refractivity contribution in [3.8, 4) is 23.8 Å². The molecule has 0 aliphatic heterocycles. The fraction of sp³-hybridized carbons (Fsp3) is 0.652. The predicted octanol–water partition coefficient (Wildman–Crippen LogP) is 4.43. The van der Waals surface area contributed by atoms with Gasteiger partial charge in [0.15, 0.2) is 0 Å². The van der Waals surface area contributed by atoms with Gasteiger partial charge in [-0.1, -0.05) is 19.8 Å². The molecule has 0 aromatic heterocycles. The highest BCUT2D eigenvalue weighted by Crippen LogP contribution is 2.25. The lowest BCUT2D eigenvalue weighted by Gasteiger charge is -2.30. The van der Waals surface area contributed by atoms with Crippen molar-refractivity contribution in [1.82, 2.24) is 0 Å². The van der Waals surface area contributed by atoms with Crippen molar-refractivity contribution in [2.45, 2.75) is 65.6 Å². The maximum atomic E-state index is 6.07. The van der Waals surface area contributed by atoms with Gasteiger partial charge in [-0.15, -0.1) is 6.42 Å². The number of hydrogen-bond acceptors (Lipinski definition) is 5. The van der Waals surface area contributed by atoms with E-state index in [4.69, 9.17) is 31.1 Å². The second-order valence-corrected chi connectivity index (χ2v) is 7.34. The van der Waals surface area contributed by atoms with Crippen LogP contribution in [-0.2, 0) is 9.47 Å². The maximum absolute atomic E-state index is 6.07. The van der Waals surface area contributed by atoms with Crippen molar-refractivity contribution in [1.29, 1.82) is 0 Å². The van der Waals surface area contributed by atoms with Gasteiger partial charge in [0.05, 0.1) is 18.8 Å². The second kappa shape index (κ2) is 14.3. The Bertz CT molecular complexity index is 547. The number of rotatable bonds is 13. The topological polar surface area (TPSA) is 62.9 Å². The Hall–Kier alpha value is -1.74. The molecule has 2 N–H and O–H groups in total. The molecule has 0 atom stereocenters. The zero-order chi connectivity index (χ0) is 21.5. The Labute approximate surface area is 171 Å². The van der Waals surface area contributed by atoms with E-state index in [1.54, 1.807) is 0 Å². The zero-order valence-electron chi connectivity index (χ0n) is 18.5. The monoisotopic (exact) mass is 393 g/mol. The minimum atomic E-state index is -0.340.